The van der Waals surface area contributed by atoms with E-state index in [0.717, 1.165) is 29.1 Å². The van der Waals surface area contributed by atoms with Gasteiger partial charge in [0.25, 0.3) is 15.9 Å². The highest BCUT2D eigenvalue weighted by Crippen LogP contribution is 2.27. The number of rotatable bonds is 6. The Morgan fingerprint density at radius 1 is 1.28 bits per heavy atom. The third kappa shape index (κ3) is 4.91. The molecule has 0 aromatic heterocycles. The Bertz CT molecular complexity index is 726. The lowest BCUT2D eigenvalue weighted by Crippen LogP contribution is -2.37. The van der Waals surface area contributed by atoms with Gasteiger partial charge in [-0.15, -0.1) is 0 Å². The van der Waals surface area contributed by atoms with Gasteiger partial charge in [0.15, 0.2) is 0 Å². The Morgan fingerprint density at radius 3 is 2.56 bits per heavy atom. The van der Waals surface area contributed by atoms with Crippen LogP contribution >= 0.6 is 0 Å². The first-order chi connectivity index (χ1) is 11.9. The molecule has 1 aliphatic rings. The van der Waals surface area contributed by atoms with Crippen molar-refractivity contribution in [2.45, 2.75) is 63.4 Å². The summed E-state index contributed by atoms with van der Waals surface area (Å²) in [5.74, 6) is -0.645. The lowest BCUT2D eigenvalue weighted by Gasteiger charge is -2.23. The summed E-state index contributed by atoms with van der Waals surface area (Å²) in [6, 6.07) is 6.41. The molecule has 1 aromatic rings. The highest BCUT2D eigenvalue weighted by molar-refractivity contribution is 7.89. The number of alkyl halides is 1. The molecular weight excluding hydrogens is 341 g/mol. The Balaban J connectivity index is 2.32. The van der Waals surface area contributed by atoms with Crippen LogP contribution in [0.1, 0.15) is 51.0 Å². The van der Waals surface area contributed by atoms with Crippen molar-refractivity contribution in [1.82, 2.24) is 4.31 Å². The Kier molecular flexibility index (Phi) is 6.76. The topological polar surface area (TPSA) is 54.5 Å². The predicted octanol–water partition coefficient (Wildman–Crippen LogP) is 4.15. The zero-order chi connectivity index (χ0) is 18.4. The second kappa shape index (κ2) is 8.61. The van der Waals surface area contributed by atoms with Crippen molar-refractivity contribution in [3.05, 3.63) is 41.5 Å². The van der Waals surface area contributed by atoms with Gasteiger partial charge >= 0.3 is 0 Å². The first-order valence-corrected chi connectivity index (χ1v) is 10.3. The molecular formula is C19H26FNO3S. The lowest BCUT2D eigenvalue weighted by atomic mass is 9.93. The molecule has 0 aliphatic heterocycles. The summed E-state index contributed by atoms with van der Waals surface area (Å²) in [6.45, 7) is 3.90. The van der Waals surface area contributed by atoms with Crippen molar-refractivity contribution < 1.29 is 17.6 Å². The molecule has 1 atom stereocenters. The van der Waals surface area contributed by atoms with Crippen molar-refractivity contribution in [2.24, 2.45) is 0 Å². The number of benzene rings is 1. The first kappa shape index (κ1) is 19.6. The Morgan fingerprint density at radius 2 is 1.96 bits per heavy atom. The fourth-order valence-electron chi connectivity index (χ4n) is 2.88. The average molecular weight is 367 g/mol. The smallest absolute Gasteiger partial charge is 0.266 e. The van der Waals surface area contributed by atoms with Crippen molar-refractivity contribution in [3.8, 4) is 0 Å². The molecule has 1 aliphatic carbocycles. The highest BCUT2D eigenvalue weighted by Gasteiger charge is 2.29. The van der Waals surface area contributed by atoms with Crippen molar-refractivity contribution in [2.75, 3.05) is 6.54 Å². The van der Waals surface area contributed by atoms with Crippen molar-refractivity contribution in [3.63, 3.8) is 0 Å². The third-order valence-electron chi connectivity index (χ3n) is 4.45. The number of halogens is 1. The summed E-state index contributed by atoms with van der Waals surface area (Å²) >= 11 is 0. The van der Waals surface area contributed by atoms with E-state index in [0.29, 0.717) is 24.8 Å². The van der Waals surface area contributed by atoms with E-state index in [1.54, 1.807) is 12.1 Å². The van der Waals surface area contributed by atoms with Gasteiger partial charge in [-0.2, -0.15) is 0 Å². The van der Waals surface area contributed by atoms with Gasteiger partial charge in [-0.3, -0.25) is 4.79 Å². The predicted molar refractivity (Wildman–Crippen MR) is 96.4 cm³/mol. The van der Waals surface area contributed by atoms with Crippen LogP contribution in [0.5, 0.6) is 0 Å². The van der Waals surface area contributed by atoms with Crippen LogP contribution in [0.15, 0.2) is 40.8 Å². The molecule has 4 nitrogen and oxygen atoms in total. The number of nitrogens with zero attached hydrogens (tertiary/aromatic N) is 1. The maximum Gasteiger partial charge on any atom is 0.266 e. The molecule has 1 aromatic carbocycles. The second-order valence-corrected chi connectivity index (χ2v) is 8.38. The van der Waals surface area contributed by atoms with Gasteiger partial charge in [0.05, 0.1) is 4.90 Å². The molecule has 0 saturated heterocycles. The molecule has 1 amide bonds. The number of carbonyl (C=O) groups excluding carboxylic acids is 1. The maximum absolute atomic E-state index is 14.0. The minimum absolute atomic E-state index is 0.0846. The van der Waals surface area contributed by atoms with Crippen molar-refractivity contribution in [1.29, 1.82) is 0 Å². The molecule has 0 radical (unpaired) electrons. The Labute approximate surface area is 149 Å². The molecule has 2 rings (SSSR count). The number of hydrogen-bond donors (Lipinski definition) is 0. The Hall–Kier alpha value is -1.69. The van der Waals surface area contributed by atoms with Crippen LogP contribution in [0.4, 0.5) is 4.39 Å². The standard InChI is InChI=1S/C19H26FNO3S/c1-3-4-13-21(19(22)14-16-7-5-6-8-18(16)20)25(23,24)17-11-9-15(2)10-12-17/h9-12,14,18H,3-8,13H2,1-2H3/b16-14-. The fourth-order valence-corrected chi connectivity index (χ4v) is 4.27. The molecule has 0 bridgehead atoms. The van der Waals surface area contributed by atoms with E-state index in [1.165, 1.54) is 18.2 Å². The molecule has 6 heteroatoms. The summed E-state index contributed by atoms with van der Waals surface area (Å²) in [7, 11) is -3.94. The number of carbonyl (C=O) groups is 1. The summed E-state index contributed by atoms with van der Waals surface area (Å²) in [4.78, 5) is 12.7. The average Bonchev–Trinajstić information content (AvgIpc) is 2.57. The summed E-state index contributed by atoms with van der Waals surface area (Å²) in [6.07, 6.45) is 3.93. The molecule has 1 unspecified atom stereocenters. The second-order valence-electron chi connectivity index (χ2n) is 6.51. The minimum Gasteiger partial charge on any atom is -0.269 e. The van der Waals surface area contributed by atoms with E-state index >= 15 is 0 Å². The van der Waals surface area contributed by atoms with Gasteiger partial charge < -0.3 is 0 Å². The summed E-state index contributed by atoms with van der Waals surface area (Å²) in [5, 5.41) is 0. The fraction of sp³-hybridized carbons (Fsp3) is 0.526. The van der Waals surface area contributed by atoms with Crippen molar-refractivity contribution >= 4 is 15.9 Å². The van der Waals surface area contributed by atoms with E-state index in [1.807, 2.05) is 13.8 Å². The maximum atomic E-state index is 14.0. The van der Waals surface area contributed by atoms with Crippen LogP contribution in [0.25, 0.3) is 0 Å². The zero-order valence-electron chi connectivity index (χ0n) is 14.9. The molecule has 0 spiro atoms. The molecule has 0 heterocycles. The third-order valence-corrected chi connectivity index (χ3v) is 6.26. The highest BCUT2D eigenvalue weighted by atomic mass is 32.2. The van der Waals surface area contributed by atoms with E-state index in [9.17, 15) is 17.6 Å². The lowest BCUT2D eigenvalue weighted by molar-refractivity contribution is -0.121. The first-order valence-electron chi connectivity index (χ1n) is 8.84. The number of sulfonamides is 1. The number of unbranched alkanes of at least 4 members (excludes halogenated alkanes) is 1. The zero-order valence-corrected chi connectivity index (χ0v) is 15.7. The van der Waals surface area contributed by atoms with E-state index in [4.69, 9.17) is 0 Å². The van der Waals surface area contributed by atoms with E-state index < -0.39 is 22.1 Å². The normalized spacial score (nSPS) is 19.8. The van der Waals surface area contributed by atoms with Crippen LogP contribution in [-0.4, -0.2) is 31.3 Å². The van der Waals surface area contributed by atoms with Gasteiger partial charge in [0, 0.05) is 12.6 Å². The molecule has 1 fully saturated rings. The van der Waals surface area contributed by atoms with Gasteiger partial charge in [0.2, 0.25) is 0 Å². The SMILES string of the molecule is CCCCN(C(=O)/C=C1/CCCCC1F)S(=O)(=O)c1ccc(C)cc1. The molecule has 0 N–H and O–H groups in total. The monoisotopic (exact) mass is 367 g/mol. The molecule has 1 saturated carbocycles. The quantitative estimate of drug-likeness (QED) is 0.710. The molecule has 25 heavy (non-hydrogen) atoms. The van der Waals surface area contributed by atoms with Gasteiger partial charge in [-0.05, 0) is 56.7 Å². The van der Waals surface area contributed by atoms with Crippen LogP contribution in [0, 0.1) is 6.92 Å². The van der Waals surface area contributed by atoms with Gasteiger partial charge in [0.1, 0.15) is 6.17 Å². The minimum atomic E-state index is -3.94. The van der Waals surface area contributed by atoms with Gasteiger partial charge in [-0.1, -0.05) is 31.0 Å². The number of amides is 1. The summed E-state index contributed by atoms with van der Waals surface area (Å²) < 4.78 is 40.7. The number of aryl methyl sites for hydroxylation is 1. The molecule has 138 valence electrons. The number of hydrogen-bond acceptors (Lipinski definition) is 3. The van der Waals surface area contributed by atoms with Crippen LogP contribution < -0.4 is 0 Å². The van der Waals surface area contributed by atoms with E-state index in [-0.39, 0.29) is 11.4 Å². The largest absolute Gasteiger partial charge is 0.269 e. The van der Waals surface area contributed by atoms with E-state index in [2.05, 4.69) is 0 Å². The van der Waals surface area contributed by atoms with Crippen LogP contribution in [-0.2, 0) is 14.8 Å². The number of allylic oxidation sites excluding steroid dienone is 1. The van der Waals surface area contributed by atoms with Crippen LogP contribution in [0.3, 0.4) is 0 Å². The van der Waals surface area contributed by atoms with Gasteiger partial charge in [-0.25, -0.2) is 17.1 Å². The van der Waals surface area contributed by atoms with Crippen LogP contribution in [0.2, 0.25) is 0 Å². The summed E-state index contributed by atoms with van der Waals surface area (Å²) in [5.41, 5.74) is 1.35.